The second-order valence-corrected chi connectivity index (χ2v) is 7.15. The smallest absolute Gasteiger partial charge is 0.243 e. The molecule has 0 saturated heterocycles. The molecule has 0 fully saturated rings. The lowest BCUT2D eigenvalue weighted by atomic mass is 10.0. The fourth-order valence-corrected chi connectivity index (χ4v) is 4.24. The fraction of sp³-hybridized carbons (Fsp3) is 0.100. The number of nitrogens with two attached hydrogens (primary N) is 1. The number of aromatic amines is 1. The number of benzene rings is 1. The van der Waals surface area contributed by atoms with Crippen molar-refractivity contribution in [1.82, 2.24) is 15.3 Å². The van der Waals surface area contributed by atoms with E-state index in [4.69, 9.17) is 5.73 Å². The molecule has 27 heavy (non-hydrogen) atoms. The number of aromatic nitrogens is 2. The van der Waals surface area contributed by atoms with E-state index in [-0.39, 0.29) is 11.7 Å². The number of hydrogen-bond acceptors (Lipinski definition) is 4. The molecule has 0 unspecified atom stereocenters. The Labute approximate surface area is 158 Å². The summed E-state index contributed by atoms with van der Waals surface area (Å²) in [7, 11) is 1.57. The van der Waals surface area contributed by atoms with Crippen LogP contribution in [0.1, 0.15) is 11.3 Å². The number of aryl methyl sites for hydroxylation is 1. The number of carbonyl (C=O) groups is 1. The van der Waals surface area contributed by atoms with Crippen molar-refractivity contribution in [3.05, 3.63) is 52.9 Å². The van der Waals surface area contributed by atoms with Gasteiger partial charge in [0, 0.05) is 51.6 Å². The van der Waals surface area contributed by atoms with E-state index in [1.165, 1.54) is 23.5 Å². The van der Waals surface area contributed by atoms with E-state index in [1.54, 1.807) is 19.3 Å². The van der Waals surface area contributed by atoms with Crippen molar-refractivity contribution < 1.29 is 9.18 Å². The molecule has 7 heteroatoms. The summed E-state index contributed by atoms with van der Waals surface area (Å²) in [5, 5.41) is 6.06. The van der Waals surface area contributed by atoms with Crippen LogP contribution >= 0.6 is 11.3 Å². The summed E-state index contributed by atoms with van der Waals surface area (Å²) in [5.41, 5.74) is 9.90. The number of nitrogens with one attached hydrogen (secondary N) is 2. The van der Waals surface area contributed by atoms with Crippen molar-refractivity contribution in [2.75, 3.05) is 12.8 Å². The van der Waals surface area contributed by atoms with Crippen LogP contribution in [-0.4, -0.2) is 22.9 Å². The van der Waals surface area contributed by atoms with Crippen molar-refractivity contribution in [2.24, 2.45) is 0 Å². The van der Waals surface area contributed by atoms with E-state index in [9.17, 15) is 9.18 Å². The lowest BCUT2D eigenvalue weighted by Gasteiger charge is -2.05. The van der Waals surface area contributed by atoms with Gasteiger partial charge in [0.15, 0.2) is 0 Å². The Balaban J connectivity index is 1.91. The molecule has 1 amide bonds. The molecule has 0 aliphatic carbocycles. The van der Waals surface area contributed by atoms with Crippen LogP contribution in [0.4, 0.5) is 10.2 Å². The number of likely N-dealkylation sites (N-methyl/N-ethyl adjacent to an activating group) is 1. The van der Waals surface area contributed by atoms with Gasteiger partial charge < -0.3 is 16.0 Å². The van der Waals surface area contributed by atoms with Crippen LogP contribution in [-0.2, 0) is 4.79 Å². The van der Waals surface area contributed by atoms with Gasteiger partial charge in [0.05, 0.1) is 5.52 Å². The number of carbonyl (C=O) groups excluding carboxylic acids is 1. The van der Waals surface area contributed by atoms with E-state index >= 15 is 0 Å². The third-order valence-electron chi connectivity index (χ3n) is 4.44. The lowest BCUT2D eigenvalue weighted by molar-refractivity contribution is -0.115. The molecule has 4 N–H and O–H groups in total. The first-order chi connectivity index (χ1) is 13.0. The average Bonchev–Trinajstić information content (AvgIpc) is 3.25. The number of fused-ring (bicyclic) bond motifs is 2. The number of H-pyrrole nitrogens is 1. The number of nitrogens with zero attached hydrogens (tertiary/aromatic N) is 1. The summed E-state index contributed by atoms with van der Waals surface area (Å²) in [6.07, 6.45) is 4.78. The summed E-state index contributed by atoms with van der Waals surface area (Å²) in [4.78, 5) is 18.8. The number of pyridine rings is 1. The molecular formula is C20H17FN4OS. The average molecular weight is 380 g/mol. The minimum Gasteiger partial charge on any atom is -0.383 e. The van der Waals surface area contributed by atoms with Crippen LogP contribution in [0.5, 0.6) is 0 Å². The van der Waals surface area contributed by atoms with Crippen LogP contribution in [0.2, 0.25) is 0 Å². The molecule has 0 aliphatic rings. The highest BCUT2D eigenvalue weighted by Crippen LogP contribution is 2.40. The van der Waals surface area contributed by atoms with Gasteiger partial charge in [-0.2, -0.15) is 0 Å². The highest BCUT2D eigenvalue weighted by atomic mass is 32.1. The maximum atomic E-state index is 14.6. The van der Waals surface area contributed by atoms with Crippen LogP contribution in [0.25, 0.3) is 38.2 Å². The number of halogens is 1. The second kappa shape index (κ2) is 6.51. The van der Waals surface area contributed by atoms with Crippen molar-refractivity contribution in [1.29, 1.82) is 0 Å². The molecule has 0 radical (unpaired) electrons. The van der Waals surface area contributed by atoms with Crippen LogP contribution < -0.4 is 11.1 Å². The quantitative estimate of drug-likeness (QED) is 0.465. The normalized spacial score (nSPS) is 11.7. The van der Waals surface area contributed by atoms with Crippen molar-refractivity contribution >= 4 is 50.1 Å². The Morgan fingerprint density at radius 1 is 1.37 bits per heavy atom. The van der Waals surface area contributed by atoms with E-state index in [0.717, 1.165) is 37.9 Å². The lowest BCUT2D eigenvalue weighted by Crippen LogP contribution is -2.13. The van der Waals surface area contributed by atoms with E-state index in [2.05, 4.69) is 15.3 Å². The molecule has 0 bridgehead atoms. The number of amides is 1. The zero-order valence-corrected chi connectivity index (χ0v) is 15.6. The van der Waals surface area contributed by atoms with Gasteiger partial charge >= 0.3 is 0 Å². The van der Waals surface area contributed by atoms with Gasteiger partial charge in [-0.1, -0.05) is 0 Å². The molecule has 0 aliphatic heterocycles. The monoisotopic (exact) mass is 380 g/mol. The zero-order valence-electron chi connectivity index (χ0n) is 14.8. The maximum Gasteiger partial charge on any atom is 0.243 e. The SMILES string of the molecule is CNC(=O)/C=C/c1cnc(N)c2c(-c3cc(F)c4[nH]c(C)cc4c3)csc12. The first-order valence-corrected chi connectivity index (χ1v) is 9.20. The molecule has 0 spiro atoms. The molecule has 5 nitrogen and oxygen atoms in total. The third kappa shape index (κ3) is 2.96. The van der Waals surface area contributed by atoms with E-state index in [0.29, 0.717) is 11.3 Å². The minimum absolute atomic E-state index is 0.202. The largest absolute Gasteiger partial charge is 0.383 e. The Kier molecular flexibility index (Phi) is 4.16. The van der Waals surface area contributed by atoms with Gasteiger partial charge in [-0.15, -0.1) is 11.3 Å². The standard InChI is InChI=1S/C20H17FN4OS/c1-10-5-13-6-12(7-15(21)18(13)25-10)14-9-27-19-11(3-4-16(26)23-2)8-24-20(22)17(14)19/h3-9,25H,1-2H3,(H2,22,24)(H,23,26)/b4-3+. The first kappa shape index (κ1) is 17.2. The molecule has 0 saturated carbocycles. The van der Waals surface area contributed by atoms with Gasteiger partial charge in [0.2, 0.25) is 5.91 Å². The van der Waals surface area contributed by atoms with Gasteiger partial charge in [-0.25, -0.2) is 9.37 Å². The second-order valence-electron chi connectivity index (χ2n) is 6.27. The zero-order chi connectivity index (χ0) is 19.1. The Morgan fingerprint density at radius 3 is 2.96 bits per heavy atom. The summed E-state index contributed by atoms with van der Waals surface area (Å²) in [6, 6.07) is 5.36. The summed E-state index contributed by atoms with van der Waals surface area (Å²) in [6.45, 7) is 1.89. The highest BCUT2D eigenvalue weighted by Gasteiger charge is 2.15. The van der Waals surface area contributed by atoms with Gasteiger partial charge in [0.25, 0.3) is 0 Å². The maximum absolute atomic E-state index is 14.6. The van der Waals surface area contributed by atoms with Gasteiger partial charge in [0.1, 0.15) is 11.6 Å². The van der Waals surface area contributed by atoms with Crippen LogP contribution in [0.15, 0.2) is 35.9 Å². The molecular weight excluding hydrogens is 363 g/mol. The van der Waals surface area contributed by atoms with Gasteiger partial charge in [-0.05, 0) is 42.1 Å². The molecule has 4 aromatic rings. The van der Waals surface area contributed by atoms with E-state index in [1.807, 2.05) is 24.4 Å². The number of hydrogen-bond donors (Lipinski definition) is 3. The van der Waals surface area contributed by atoms with Crippen molar-refractivity contribution in [2.45, 2.75) is 6.92 Å². The number of anilines is 1. The number of nitrogen functional groups attached to an aromatic ring is 1. The minimum atomic E-state index is -0.308. The van der Waals surface area contributed by atoms with Crippen molar-refractivity contribution in [3.63, 3.8) is 0 Å². The Hall–Kier alpha value is -3.19. The Morgan fingerprint density at radius 2 is 2.19 bits per heavy atom. The molecule has 3 aromatic heterocycles. The molecule has 136 valence electrons. The van der Waals surface area contributed by atoms with Crippen molar-refractivity contribution in [3.8, 4) is 11.1 Å². The summed E-state index contributed by atoms with van der Waals surface area (Å²) < 4.78 is 15.5. The fourth-order valence-electron chi connectivity index (χ4n) is 3.16. The topological polar surface area (TPSA) is 83.8 Å². The number of thiophene rings is 1. The molecule has 0 atom stereocenters. The van der Waals surface area contributed by atoms with Crippen LogP contribution in [0, 0.1) is 12.7 Å². The first-order valence-electron chi connectivity index (χ1n) is 8.32. The molecule has 4 rings (SSSR count). The third-order valence-corrected chi connectivity index (χ3v) is 5.47. The predicted octanol–water partition coefficient (Wildman–Crippen LogP) is 4.23. The molecule has 1 aromatic carbocycles. The summed E-state index contributed by atoms with van der Waals surface area (Å²) >= 11 is 1.49. The highest BCUT2D eigenvalue weighted by molar-refractivity contribution is 7.18. The predicted molar refractivity (Wildman–Crippen MR) is 109 cm³/mol. The Bertz CT molecular complexity index is 1220. The summed E-state index contributed by atoms with van der Waals surface area (Å²) in [5.74, 6) is -0.131. The van der Waals surface area contributed by atoms with E-state index < -0.39 is 0 Å². The number of rotatable bonds is 3. The van der Waals surface area contributed by atoms with Crippen LogP contribution in [0.3, 0.4) is 0 Å². The molecule has 3 heterocycles. The van der Waals surface area contributed by atoms with Gasteiger partial charge in [-0.3, -0.25) is 4.79 Å².